The highest BCUT2D eigenvalue weighted by molar-refractivity contribution is 4.46. The van der Waals surface area contributed by atoms with E-state index >= 15 is 0 Å². The van der Waals surface area contributed by atoms with E-state index in [4.69, 9.17) is 4.74 Å². The van der Waals surface area contributed by atoms with Gasteiger partial charge in [0.15, 0.2) is 6.29 Å². The number of rotatable bonds is 7. The van der Waals surface area contributed by atoms with Crippen LogP contribution in [-0.4, -0.2) is 18.0 Å². The van der Waals surface area contributed by atoms with Gasteiger partial charge in [-0.25, -0.2) is 0 Å². The third-order valence-corrected chi connectivity index (χ3v) is 1.68. The minimum Gasteiger partial charge on any atom is -0.368 e. The minimum absolute atomic E-state index is 0.505. The van der Waals surface area contributed by atoms with Crippen molar-refractivity contribution < 1.29 is 9.84 Å². The molecule has 0 fully saturated rings. The standard InChI is InChI=1S/C10H22O2/c1-4-5-6-7-10(11)12-8-9(2)3/h9-11H,4-8H2,1-3H3. The zero-order valence-electron chi connectivity index (χ0n) is 8.55. The van der Waals surface area contributed by atoms with Crippen LogP contribution in [0, 0.1) is 5.92 Å². The molecule has 2 nitrogen and oxygen atoms in total. The summed E-state index contributed by atoms with van der Waals surface area (Å²) in [4.78, 5) is 0. The molecule has 0 aliphatic heterocycles. The van der Waals surface area contributed by atoms with Gasteiger partial charge in [-0.05, 0) is 18.8 Å². The summed E-state index contributed by atoms with van der Waals surface area (Å²) in [6.45, 7) is 6.98. The Bertz CT molecular complexity index is 91.8. The molecule has 0 radical (unpaired) electrons. The summed E-state index contributed by atoms with van der Waals surface area (Å²) in [6, 6.07) is 0. The molecular weight excluding hydrogens is 152 g/mol. The van der Waals surface area contributed by atoms with Gasteiger partial charge < -0.3 is 9.84 Å². The Morgan fingerprint density at radius 1 is 1.25 bits per heavy atom. The lowest BCUT2D eigenvalue weighted by Gasteiger charge is -2.13. The van der Waals surface area contributed by atoms with E-state index in [0.29, 0.717) is 12.5 Å². The molecule has 1 atom stereocenters. The van der Waals surface area contributed by atoms with Gasteiger partial charge in [0.05, 0.1) is 6.61 Å². The lowest BCUT2D eigenvalue weighted by molar-refractivity contribution is -0.111. The quantitative estimate of drug-likeness (QED) is 0.475. The molecule has 0 saturated carbocycles. The largest absolute Gasteiger partial charge is 0.368 e. The molecule has 0 aromatic heterocycles. The number of ether oxygens (including phenoxy) is 1. The van der Waals surface area contributed by atoms with E-state index in [1.54, 1.807) is 0 Å². The highest BCUT2D eigenvalue weighted by atomic mass is 16.6. The summed E-state index contributed by atoms with van der Waals surface area (Å²) < 4.78 is 5.21. The summed E-state index contributed by atoms with van der Waals surface area (Å²) in [5.74, 6) is 0.505. The Kier molecular flexibility index (Phi) is 7.51. The van der Waals surface area contributed by atoms with Crippen LogP contribution in [0.2, 0.25) is 0 Å². The lowest BCUT2D eigenvalue weighted by Crippen LogP contribution is -2.15. The van der Waals surface area contributed by atoms with Crippen LogP contribution < -0.4 is 0 Å². The van der Waals surface area contributed by atoms with Gasteiger partial charge in [0.1, 0.15) is 0 Å². The highest BCUT2D eigenvalue weighted by Gasteiger charge is 2.03. The van der Waals surface area contributed by atoms with Gasteiger partial charge in [0.2, 0.25) is 0 Å². The van der Waals surface area contributed by atoms with Crippen molar-refractivity contribution in [3.05, 3.63) is 0 Å². The van der Waals surface area contributed by atoms with Gasteiger partial charge in [-0.15, -0.1) is 0 Å². The Hall–Kier alpha value is -0.0800. The van der Waals surface area contributed by atoms with E-state index in [1.807, 2.05) is 0 Å². The minimum atomic E-state index is -0.543. The second-order valence-electron chi connectivity index (χ2n) is 3.68. The molecule has 0 spiro atoms. The van der Waals surface area contributed by atoms with Crippen molar-refractivity contribution in [1.82, 2.24) is 0 Å². The number of hydrogen-bond acceptors (Lipinski definition) is 2. The maximum absolute atomic E-state index is 9.30. The number of aliphatic hydroxyl groups is 1. The topological polar surface area (TPSA) is 29.5 Å². The average molecular weight is 174 g/mol. The van der Waals surface area contributed by atoms with Gasteiger partial charge in [-0.3, -0.25) is 0 Å². The highest BCUT2D eigenvalue weighted by Crippen LogP contribution is 2.05. The number of aliphatic hydroxyl groups excluding tert-OH is 1. The van der Waals surface area contributed by atoms with Crippen molar-refractivity contribution >= 4 is 0 Å². The molecule has 0 aromatic rings. The summed E-state index contributed by atoms with van der Waals surface area (Å²) in [5.41, 5.74) is 0. The van der Waals surface area contributed by atoms with Crippen LogP contribution in [0.25, 0.3) is 0 Å². The molecule has 2 heteroatoms. The molecular formula is C10H22O2. The lowest BCUT2D eigenvalue weighted by atomic mass is 10.2. The third-order valence-electron chi connectivity index (χ3n) is 1.68. The summed E-state index contributed by atoms with van der Waals surface area (Å²) >= 11 is 0. The molecule has 74 valence electrons. The molecule has 0 amide bonds. The summed E-state index contributed by atoms with van der Waals surface area (Å²) in [5, 5.41) is 9.30. The van der Waals surface area contributed by atoms with Crippen LogP contribution in [0.5, 0.6) is 0 Å². The Morgan fingerprint density at radius 3 is 2.42 bits per heavy atom. The smallest absolute Gasteiger partial charge is 0.154 e. The fourth-order valence-electron chi connectivity index (χ4n) is 0.956. The number of hydrogen-bond donors (Lipinski definition) is 1. The molecule has 0 bridgehead atoms. The first-order valence-electron chi connectivity index (χ1n) is 4.96. The first kappa shape index (κ1) is 11.9. The molecule has 0 heterocycles. The van der Waals surface area contributed by atoms with Gasteiger partial charge in [-0.1, -0.05) is 33.6 Å². The first-order chi connectivity index (χ1) is 5.66. The van der Waals surface area contributed by atoms with Gasteiger partial charge in [0.25, 0.3) is 0 Å². The second-order valence-corrected chi connectivity index (χ2v) is 3.68. The van der Waals surface area contributed by atoms with E-state index in [9.17, 15) is 5.11 Å². The van der Waals surface area contributed by atoms with E-state index < -0.39 is 6.29 Å². The van der Waals surface area contributed by atoms with Crippen molar-refractivity contribution in [3.8, 4) is 0 Å². The number of unbranched alkanes of at least 4 members (excludes halogenated alkanes) is 2. The molecule has 0 aliphatic carbocycles. The van der Waals surface area contributed by atoms with Crippen LogP contribution in [0.4, 0.5) is 0 Å². The van der Waals surface area contributed by atoms with E-state index in [1.165, 1.54) is 12.8 Å². The predicted molar refractivity (Wildman–Crippen MR) is 50.9 cm³/mol. The van der Waals surface area contributed by atoms with Crippen molar-refractivity contribution in [2.45, 2.75) is 52.7 Å². The van der Waals surface area contributed by atoms with E-state index in [0.717, 1.165) is 12.8 Å². The molecule has 1 unspecified atom stereocenters. The molecule has 1 N–H and O–H groups in total. The van der Waals surface area contributed by atoms with Crippen molar-refractivity contribution in [2.75, 3.05) is 6.61 Å². The van der Waals surface area contributed by atoms with Gasteiger partial charge in [0, 0.05) is 0 Å². The Labute approximate surface area is 75.9 Å². The van der Waals surface area contributed by atoms with Crippen LogP contribution >= 0.6 is 0 Å². The van der Waals surface area contributed by atoms with E-state index in [-0.39, 0.29) is 0 Å². The third kappa shape index (κ3) is 8.02. The maximum Gasteiger partial charge on any atom is 0.154 e. The zero-order valence-corrected chi connectivity index (χ0v) is 8.55. The second kappa shape index (κ2) is 7.56. The van der Waals surface area contributed by atoms with Crippen molar-refractivity contribution in [3.63, 3.8) is 0 Å². The average Bonchev–Trinajstić information content (AvgIpc) is 2.01. The maximum atomic E-state index is 9.30. The molecule has 0 aromatic carbocycles. The van der Waals surface area contributed by atoms with Crippen LogP contribution in [0.15, 0.2) is 0 Å². The van der Waals surface area contributed by atoms with Gasteiger partial charge >= 0.3 is 0 Å². The Balaban J connectivity index is 3.15. The van der Waals surface area contributed by atoms with Crippen LogP contribution in [-0.2, 0) is 4.74 Å². The predicted octanol–water partition coefficient (Wildman–Crippen LogP) is 2.56. The summed E-state index contributed by atoms with van der Waals surface area (Å²) in [6.07, 6.45) is 3.67. The monoisotopic (exact) mass is 174 g/mol. The molecule has 12 heavy (non-hydrogen) atoms. The van der Waals surface area contributed by atoms with Crippen LogP contribution in [0.3, 0.4) is 0 Å². The molecule has 0 saturated heterocycles. The fourth-order valence-corrected chi connectivity index (χ4v) is 0.956. The molecule has 0 aliphatic rings. The summed E-state index contributed by atoms with van der Waals surface area (Å²) in [7, 11) is 0. The van der Waals surface area contributed by atoms with Crippen molar-refractivity contribution in [2.24, 2.45) is 5.92 Å². The van der Waals surface area contributed by atoms with E-state index in [2.05, 4.69) is 20.8 Å². The van der Waals surface area contributed by atoms with Gasteiger partial charge in [-0.2, -0.15) is 0 Å². The fraction of sp³-hybridized carbons (Fsp3) is 1.00. The van der Waals surface area contributed by atoms with Crippen LogP contribution in [0.1, 0.15) is 46.5 Å². The zero-order chi connectivity index (χ0) is 9.40. The molecule has 0 rings (SSSR count). The normalized spacial score (nSPS) is 13.8. The SMILES string of the molecule is CCCCCC(O)OCC(C)C. The Morgan fingerprint density at radius 2 is 1.92 bits per heavy atom. The first-order valence-corrected chi connectivity index (χ1v) is 4.96. The van der Waals surface area contributed by atoms with Crippen molar-refractivity contribution in [1.29, 1.82) is 0 Å².